The minimum Gasteiger partial charge on any atom is -0.492 e. The van der Waals surface area contributed by atoms with Crippen molar-refractivity contribution in [1.82, 2.24) is 0 Å². The number of thioether (sulfide) groups is 1. The first-order chi connectivity index (χ1) is 10.1. The molecule has 0 unspecified atom stereocenters. The Morgan fingerprint density at radius 1 is 1.10 bits per heavy atom. The SMILES string of the molecule is NC(=O)c1cc(Cl)ccc1OCCSc1ccc(Cl)cc1. The van der Waals surface area contributed by atoms with E-state index in [-0.39, 0.29) is 0 Å². The van der Waals surface area contributed by atoms with E-state index in [1.165, 1.54) is 6.07 Å². The average Bonchev–Trinajstić information content (AvgIpc) is 2.46. The number of carbonyl (C=O) groups is 1. The number of hydrogen-bond donors (Lipinski definition) is 1. The van der Waals surface area contributed by atoms with Crippen LogP contribution in [0.1, 0.15) is 10.4 Å². The zero-order chi connectivity index (χ0) is 15.2. The molecule has 2 N–H and O–H groups in total. The van der Waals surface area contributed by atoms with Crippen molar-refractivity contribution in [2.75, 3.05) is 12.4 Å². The molecule has 0 saturated heterocycles. The Balaban J connectivity index is 1.89. The van der Waals surface area contributed by atoms with Gasteiger partial charge in [0.05, 0.1) is 12.2 Å². The number of benzene rings is 2. The van der Waals surface area contributed by atoms with Crippen LogP contribution in [0.5, 0.6) is 5.75 Å². The largest absolute Gasteiger partial charge is 0.492 e. The third-order valence-corrected chi connectivity index (χ3v) is 4.09. The maximum absolute atomic E-state index is 11.3. The van der Waals surface area contributed by atoms with Crippen LogP contribution < -0.4 is 10.5 Å². The van der Waals surface area contributed by atoms with E-state index in [1.54, 1.807) is 23.9 Å². The van der Waals surface area contributed by atoms with Crippen molar-refractivity contribution >= 4 is 40.9 Å². The molecule has 0 spiro atoms. The molecule has 0 aliphatic heterocycles. The van der Waals surface area contributed by atoms with Gasteiger partial charge >= 0.3 is 0 Å². The van der Waals surface area contributed by atoms with Gasteiger partial charge in [-0.2, -0.15) is 0 Å². The molecule has 1 amide bonds. The predicted octanol–water partition coefficient (Wildman–Crippen LogP) is 4.26. The summed E-state index contributed by atoms with van der Waals surface area (Å²) in [6.07, 6.45) is 0. The molecule has 6 heteroatoms. The first-order valence-electron chi connectivity index (χ1n) is 6.17. The van der Waals surface area contributed by atoms with Gasteiger partial charge in [0, 0.05) is 20.7 Å². The molecular weight excluding hydrogens is 329 g/mol. The molecule has 0 atom stereocenters. The summed E-state index contributed by atoms with van der Waals surface area (Å²) in [4.78, 5) is 12.4. The van der Waals surface area contributed by atoms with Crippen LogP contribution in [-0.2, 0) is 0 Å². The summed E-state index contributed by atoms with van der Waals surface area (Å²) in [5.41, 5.74) is 5.59. The van der Waals surface area contributed by atoms with Gasteiger partial charge in [-0.25, -0.2) is 0 Å². The summed E-state index contributed by atoms with van der Waals surface area (Å²) in [6, 6.07) is 12.4. The van der Waals surface area contributed by atoms with E-state index in [2.05, 4.69) is 0 Å². The van der Waals surface area contributed by atoms with E-state index in [0.29, 0.717) is 28.0 Å². The number of halogens is 2. The van der Waals surface area contributed by atoms with Gasteiger partial charge in [0.1, 0.15) is 5.75 Å². The summed E-state index contributed by atoms with van der Waals surface area (Å²) in [5.74, 6) is 0.629. The van der Waals surface area contributed by atoms with Crippen LogP contribution in [0.4, 0.5) is 0 Å². The molecule has 0 fully saturated rings. The standard InChI is InChI=1S/C15H13Cl2NO2S/c16-10-1-4-12(5-2-10)21-8-7-20-14-6-3-11(17)9-13(14)15(18)19/h1-6,9H,7-8H2,(H2,18,19). The van der Waals surface area contributed by atoms with Gasteiger partial charge < -0.3 is 10.5 Å². The molecule has 21 heavy (non-hydrogen) atoms. The minimum atomic E-state index is -0.558. The first-order valence-corrected chi connectivity index (χ1v) is 7.91. The molecule has 110 valence electrons. The van der Waals surface area contributed by atoms with Gasteiger partial charge in [0.15, 0.2) is 0 Å². The zero-order valence-electron chi connectivity index (χ0n) is 11.0. The fourth-order valence-electron chi connectivity index (χ4n) is 1.66. The Bertz CT molecular complexity index is 632. The van der Waals surface area contributed by atoms with Crippen LogP contribution in [-0.4, -0.2) is 18.3 Å². The lowest BCUT2D eigenvalue weighted by molar-refractivity contribution is 0.0996. The van der Waals surface area contributed by atoms with Crippen molar-refractivity contribution in [1.29, 1.82) is 0 Å². The highest BCUT2D eigenvalue weighted by Crippen LogP contribution is 2.24. The van der Waals surface area contributed by atoms with Crippen LogP contribution in [0.3, 0.4) is 0 Å². The number of carbonyl (C=O) groups excluding carboxylic acids is 1. The molecule has 2 aromatic carbocycles. The Morgan fingerprint density at radius 2 is 1.76 bits per heavy atom. The minimum absolute atomic E-state index is 0.291. The Morgan fingerprint density at radius 3 is 2.43 bits per heavy atom. The number of primary amides is 1. The Hall–Kier alpha value is -1.36. The third kappa shape index (κ3) is 4.84. The van der Waals surface area contributed by atoms with Gasteiger partial charge in [0.25, 0.3) is 5.91 Å². The van der Waals surface area contributed by atoms with Gasteiger partial charge in [-0.15, -0.1) is 11.8 Å². The smallest absolute Gasteiger partial charge is 0.252 e. The molecule has 0 saturated carbocycles. The summed E-state index contributed by atoms with van der Waals surface area (Å²) < 4.78 is 5.59. The van der Waals surface area contributed by atoms with E-state index in [9.17, 15) is 4.79 Å². The van der Waals surface area contributed by atoms with Gasteiger partial charge in [-0.3, -0.25) is 4.79 Å². The van der Waals surface area contributed by atoms with Gasteiger partial charge in [0.2, 0.25) is 0 Å². The summed E-state index contributed by atoms with van der Waals surface area (Å²) >= 11 is 13.3. The van der Waals surface area contributed by atoms with Crippen molar-refractivity contribution in [3.63, 3.8) is 0 Å². The molecule has 0 aliphatic rings. The maximum Gasteiger partial charge on any atom is 0.252 e. The predicted molar refractivity (Wildman–Crippen MR) is 87.6 cm³/mol. The number of hydrogen-bond acceptors (Lipinski definition) is 3. The van der Waals surface area contributed by atoms with E-state index in [0.717, 1.165) is 10.6 Å². The second-order valence-corrected chi connectivity index (χ2v) is 6.20. The second kappa shape index (κ2) is 7.59. The highest BCUT2D eigenvalue weighted by molar-refractivity contribution is 7.99. The topological polar surface area (TPSA) is 52.3 Å². The number of nitrogens with two attached hydrogens (primary N) is 1. The van der Waals surface area contributed by atoms with Crippen LogP contribution >= 0.6 is 35.0 Å². The molecule has 0 bridgehead atoms. The summed E-state index contributed by atoms with van der Waals surface area (Å²) in [5, 5.41) is 1.16. The molecule has 0 radical (unpaired) electrons. The van der Waals surface area contributed by atoms with Crippen molar-refractivity contribution in [3.8, 4) is 5.75 Å². The number of amides is 1. The van der Waals surface area contributed by atoms with Crippen molar-refractivity contribution < 1.29 is 9.53 Å². The number of rotatable bonds is 6. The molecule has 2 aromatic rings. The quantitative estimate of drug-likeness (QED) is 0.630. The zero-order valence-corrected chi connectivity index (χ0v) is 13.3. The molecule has 0 aliphatic carbocycles. The van der Waals surface area contributed by atoms with Crippen molar-refractivity contribution in [3.05, 3.63) is 58.1 Å². The fraction of sp³-hybridized carbons (Fsp3) is 0.133. The van der Waals surface area contributed by atoms with E-state index in [4.69, 9.17) is 33.7 Å². The Labute approximate surface area is 137 Å². The fourth-order valence-corrected chi connectivity index (χ4v) is 2.69. The second-order valence-electron chi connectivity index (χ2n) is 4.16. The maximum atomic E-state index is 11.3. The average molecular weight is 342 g/mol. The van der Waals surface area contributed by atoms with Crippen molar-refractivity contribution in [2.45, 2.75) is 4.90 Å². The van der Waals surface area contributed by atoms with E-state index < -0.39 is 5.91 Å². The van der Waals surface area contributed by atoms with Gasteiger partial charge in [-0.1, -0.05) is 23.2 Å². The highest BCUT2D eigenvalue weighted by atomic mass is 35.5. The molecular formula is C15H13Cl2NO2S. The van der Waals surface area contributed by atoms with E-state index in [1.807, 2.05) is 24.3 Å². The molecule has 0 heterocycles. The van der Waals surface area contributed by atoms with E-state index >= 15 is 0 Å². The van der Waals surface area contributed by atoms with Gasteiger partial charge in [-0.05, 0) is 42.5 Å². The highest BCUT2D eigenvalue weighted by Gasteiger charge is 2.10. The van der Waals surface area contributed by atoms with Crippen LogP contribution in [0, 0.1) is 0 Å². The molecule has 0 aromatic heterocycles. The normalized spacial score (nSPS) is 10.4. The Kier molecular flexibility index (Phi) is 5.79. The monoisotopic (exact) mass is 341 g/mol. The first kappa shape index (κ1) is 16.0. The summed E-state index contributed by atoms with van der Waals surface area (Å²) in [7, 11) is 0. The molecule has 3 nitrogen and oxygen atoms in total. The lowest BCUT2D eigenvalue weighted by atomic mass is 10.2. The lowest BCUT2D eigenvalue weighted by Crippen LogP contribution is -2.13. The van der Waals surface area contributed by atoms with Crippen molar-refractivity contribution in [2.24, 2.45) is 5.73 Å². The number of ether oxygens (including phenoxy) is 1. The lowest BCUT2D eigenvalue weighted by Gasteiger charge is -2.09. The third-order valence-electron chi connectivity index (χ3n) is 2.63. The molecule has 2 rings (SSSR count). The summed E-state index contributed by atoms with van der Waals surface area (Å²) in [6.45, 7) is 0.454. The van der Waals surface area contributed by atoms with Crippen LogP contribution in [0.15, 0.2) is 47.4 Å². The van der Waals surface area contributed by atoms with Crippen LogP contribution in [0.2, 0.25) is 10.0 Å². The van der Waals surface area contributed by atoms with Crippen LogP contribution in [0.25, 0.3) is 0 Å².